The fraction of sp³-hybridized carbons (Fsp3) is 0.571. The molecule has 0 aliphatic heterocycles. The molecule has 1 aromatic rings. The zero-order valence-electron chi connectivity index (χ0n) is 11.4. The van der Waals surface area contributed by atoms with Gasteiger partial charge >= 0.3 is 7.12 Å². The van der Waals surface area contributed by atoms with Gasteiger partial charge in [-0.3, -0.25) is 0 Å². The molecule has 5 heteroatoms. The van der Waals surface area contributed by atoms with Crippen LogP contribution in [0.15, 0.2) is 22.7 Å². The molecular weight excluding hydrogens is 307 g/mol. The monoisotopic (exact) mass is 328 g/mol. The third kappa shape index (κ3) is 7.11. The summed E-state index contributed by atoms with van der Waals surface area (Å²) < 4.78 is 6.44. The molecule has 0 aliphatic carbocycles. The maximum Gasteiger partial charge on any atom is 0.488 e. The molecule has 0 fully saturated rings. The van der Waals surface area contributed by atoms with Crippen LogP contribution in [0.25, 0.3) is 0 Å². The Hall–Kier alpha value is -0.355. The van der Waals surface area contributed by atoms with E-state index >= 15 is 0 Å². The second-order valence-corrected chi connectivity index (χ2v) is 5.65. The largest absolute Gasteiger partial charge is 0.488 e. The molecule has 1 aromatic carbocycles. The van der Waals surface area contributed by atoms with Gasteiger partial charge in [-0.05, 0) is 29.6 Å². The molecule has 0 unspecified atom stereocenters. The summed E-state index contributed by atoms with van der Waals surface area (Å²) in [7, 11) is -1.44. The Bertz CT molecular complexity index is 372. The summed E-state index contributed by atoms with van der Waals surface area (Å²) in [6.07, 6.45) is 6.13. The number of rotatable bonds is 9. The van der Waals surface area contributed by atoms with Crippen LogP contribution >= 0.6 is 15.9 Å². The van der Waals surface area contributed by atoms with Crippen LogP contribution in [-0.2, 0) is 11.3 Å². The highest BCUT2D eigenvalue weighted by atomic mass is 79.9. The summed E-state index contributed by atoms with van der Waals surface area (Å²) in [5.74, 6) is 0. The summed E-state index contributed by atoms with van der Waals surface area (Å²) in [6, 6.07) is 5.38. The molecule has 0 aliphatic rings. The number of benzene rings is 1. The van der Waals surface area contributed by atoms with E-state index in [2.05, 4.69) is 22.9 Å². The lowest BCUT2D eigenvalue weighted by molar-refractivity contribution is 0.116. The smallest absolute Gasteiger partial charge is 0.423 e. The second-order valence-electron chi connectivity index (χ2n) is 4.73. The lowest BCUT2D eigenvalue weighted by Gasteiger charge is -2.07. The van der Waals surface area contributed by atoms with Crippen molar-refractivity contribution in [1.29, 1.82) is 0 Å². The molecule has 1 rings (SSSR count). The van der Waals surface area contributed by atoms with Gasteiger partial charge in [0, 0.05) is 11.1 Å². The fourth-order valence-corrected chi connectivity index (χ4v) is 2.46. The average Bonchev–Trinajstić information content (AvgIpc) is 2.37. The number of hydrogen-bond acceptors (Lipinski definition) is 3. The zero-order valence-corrected chi connectivity index (χ0v) is 13.0. The molecule has 2 N–H and O–H groups in total. The van der Waals surface area contributed by atoms with Crippen molar-refractivity contribution in [3.05, 3.63) is 28.2 Å². The average molecular weight is 329 g/mol. The van der Waals surface area contributed by atoms with Crippen LogP contribution in [0.2, 0.25) is 0 Å². The molecule has 0 saturated heterocycles. The molecule has 0 atom stereocenters. The molecule has 0 bridgehead atoms. The van der Waals surface area contributed by atoms with Gasteiger partial charge in [0.15, 0.2) is 0 Å². The lowest BCUT2D eigenvalue weighted by Crippen LogP contribution is -2.30. The van der Waals surface area contributed by atoms with Crippen LogP contribution in [0.1, 0.15) is 44.6 Å². The Morgan fingerprint density at radius 1 is 1.11 bits per heavy atom. The van der Waals surface area contributed by atoms with E-state index in [9.17, 15) is 0 Å². The van der Waals surface area contributed by atoms with Crippen LogP contribution in [0, 0.1) is 0 Å². The van der Waals surface area contributed by atoms with Crippen LogP contribution in [-0.4, -0.2) is 23.8 Å². The van der Waals surface area contributed by atoms with Gasteiger partial charge in [0.25, 0.3) is 0 Å². The van der Waals surface area contributed by atoms with Gasteiger partial charge in [-0.1, -0.05) is 54.6 Å². The van der Waals surface area contributed by atoms with Crippen molar-refractivity contribution in [2.45, 2.75) is 45.6 Å². The highest BCUT2D eigenvalue weighted by Gasteiger charge is 2.12. The molecule has 0 amide bonds. The van der Waals surface area contributed by atoms with Crippen LogP contribution < -0.4 is 5.46 Å². The summed E-state index contributed by atoms with van der Waals surface area (Å²) in [6.45, 7) is 3.47. The van der Waals surface area contributed by atoms with E-state index in [-0.39, 0.29) is 0 Å². The Morgan fingerprint density at radius 3 is 2.53 bits per heavy atom. The van der Waals surface area contributed by atoms with Gasteiger partial charge < -0.3 is 14.8 Å². The Kier molecular flexibility index (Phi) is 8.38. The summed E-state index contributed by atoms with van der Waals surface area (Å²) in [4.78, 5) is 0. The third-order valence-corrected chi connectivity index (χ3v) is 3.40. The topological polar surface area (TPSA) is 49.7 Å². The summed E-state index contributed by atoms with van der Waals surface area (Å²) in [5.41, 5.74) is 1.43. The molecule has 0 heterocycles. The standard InChI is InChI=1S/C14H22BBrO3/c1-2-3-4-5-6-7-19-11-12-8-13(15(17)18)10-14(16)9-12/h8-10,17-18H,2-7,11H2,1H3. The molecule has 19 heavy (non-hydrogen) atoms. The van der Waals surface area contributed by atoms with Gasteiger partial charge in [-0.2, -0.15) is 0 Å². The molecule has 0 radical (unpaired) electrons. The number of ether oxygens (including phenoxy) is 1. The Labute approximate surface area is 124 Å². The summed E-state index contributed by atoms with van der Waals surface area (Å²) >= 11 is 3.35. The summed E-state index contributed by atoms with van der Waals surface area (Å²) in [5, 5.41) is 18.3. The number of hydrogen-bond donors (Lipinski definition) is 2. The second kappa shape index (κ2) is 9.53. The first-order valence-electron chi connectivity index (χ1n) is 6.86. The minimum atomic E-state index is -1.44. The predicted molar refractivity (Wildman–Crippen MR) is 82.4 cm³/mol. The van der Waals surface area contributed by atoms with Crippen molar-refractivity contribution < 1.29 is 14.8 Å². The molecule has 106 valence electrons. The van der Waals surface area contributed by atoms with E-state index in [0.717, 1.165) is 23.1 Å². The van der Waals surface area contributed by atoms with E-state index < -0.39 is 7.12 Å². The van der Waals surface area contributed by atoms with E-state index in [1.807, 2.05) is 6.07 Å². The van der Waals surface area contributed by atoms with Crippen LogP contribution in [0.3, 0.4) is 0 Å². The van der Waals surface area contributed by atoms with Crippen molar-refractivity contribution >= 4 is 28.5 Å². The Morgan fingerprint density at radius 2 is 1.84 bits per heavy atom. The fourth-order valence-electron chi connectivity index (χ4n) is 1.91. The van der Waals surface area contributed by atoms with Gasteiger partial charge in [0.2, 0.25) is 0 Å². The van der Waals surface area contributed by atoms with Crippen LogP contribution in [0.5, 0.6) is 0 Å². The first-order valence-corrected chi connectivity index (χ1v) is 7.66. The van der Waals surface area contributed by atoms with Gasteiger partial charge in [-0.15, -0.1) is 0 Å². The first-order chi connectivity index (χ1) is 9.13. The maximum atomic E-state index is 9.16. The molecule has 0 aromatic heterocycles. The Balaban J connectivity index is 2.29. The van der Waals surface area contributed by atoms with Gasteiger partial charge in [0.05, 0.1) is 6.61 Å². The van der Waals surface area contributed by atoms with Gasteiger partial charge in [0.1, 0.15) is 0 Å². The maximum absolute atomic E-state index is 9.16. The van der Waals surface area contributed by atoms with E-state index in [4.69, 9.17) is 14.8 Å². The highest BCUT2D eigenvalue weighted by molar-refractivity contribution is 9.10. The van der Waals surface area contributed by atoms with E-state index in [1.165, 1.54) is 25.7 Å². The zero-order chi connectivity index (χ0) is 14.1. The predicted octanol–water partition coefficient (Wildman–Crippen LogP) is 2.62. The lowest BCUT2D eigenvalue weighted by atomic mass is 9.80. The van der Waals surface area contributed by atoms with Crippen molar-refractivity contribution in [3.8, 4) is 0 Å². The normalized spacial score (nSPS) is 10.7. The molecular formula is C14H22BBrO3. The van der Waals surface area contributed by atoms with Crippen molar-refractivity contribution in [1.82, 2.24) is 0 Å². The van der Waals surface area contributed by atoms with Crippen molar-refractivity contribution in [2.75, 3.05) is 6.61 Å². The highest BCUT2D eigenvalue weighted by Crippen LogP contribution is 2.12. The molecule has 3 nitrogen and oxygen atoms in total. The SMILES string of the molecule is CCCCCCCOCc1cc(Br)cc(B(O)O)c1. The molecule has 0 saturated carbocycles. The van der Waals surface area contributed by atoms with Crippen LogP contribution in [0.4, 0.5) is 0 Å². The minimum Gasteiger partial charge on any atom is -0.423 e. The first kappa shape index (κ1) is 16.7. The minimum absolute atomic E-state index is 0.482. The number of halogens is 1. The third-order valence-electron chi connectivity index (χ3n) is 2.94. The van der Waals surface area contributed by atoms with E-state index in [0.29, 0.717) is 12.1 Å². The van der Waals surface area contributed by atoms with Crippen molar-refractivity contribution in [2.24, 2.45) is 0 Å². The molecule has 0 spiro atoms. The van der Waals surface area contributed by atoms with Crippen molar-refractivity contribution in [3.63, 3.8) is 0 Å². The quantitative estimate of drug-likeness (QED) is 0.541. The van der Waals surface area contributed by atoms with E-state index in [1.54, 1.807) is 12.1 Å². The van der Waals surface area contributed by atoms with Gasteiger partial charge in [-0.25, -0.2) is 0 Å². The number of unbranched alkanes of at least 4 members (excludes halogenated alkanes) is 4.